The van der Waals surface area contributed by atoms with Crippen molar-refractivity contribution in [3.8, 4) is 0 Å². The Morgan fingerprint density at radius 3 is 2.62 bits per heavy atom. The number of nitrogens with one attached hydrogen (secondary N) is 2. The maximum absolute atomic E-state index is 3.41. The lowest BCUT2D eigenvalue weighted by Crippen LogP contribution is -2.46. The maximum atomic E-state index is 3.41. The van der Waals surface area contributed by atoms with Crippen molar-refractivity contribution in [1.82, 2.24) is 20.7 Å². The van der Waals surface area contributed by atoms with Crippen molar-refractivity contribution in [3.05, 3.63) is 24.0 Å². The van der Waals surface area contributed by atoms with Gasteiger partial charge in [-0.25, -0.2) is 5.43 Å². The molecule has 4 nitrogen and oxygen atoms in total. The second kappa shape index (κ2) is 5.37. The molecular formula is C12H22N4. The van der Waals surface area contributed by atoms with Crippen molar-refractivity contribution in [2.45, 2.75) is 18.9 Å². The van der Waals surface area contributed by atoms with Gasteiger partial charge in [0.1, 0.15) is 0 Å². The van der Waals surface area contributed by atoms with Gasteiger partial charge in [0.25, 0.3) is 0 Å². The number of hydrogen-bond acceptors (Lipinski definition) is 4. The van der Waals surface area contributed by atoms with Crippen LogP contribution >= 0.6 is 0 Å². The van der Waals surface area contributed by atoms with Crippen molar-refractivity contribution >= 4 is 0 Å². The molecule has 0 atom stereocenters. The summed E-state index contributed by atoms with van der Waals surface area (Å²) in [5, 5.41) is 0. The lowest BCUT2D eigenvalue weighted by atomic mass is 10.1. The minimum atomic E-state index is 0.602. The number of allylic oxidation sites excluding steroid dienone is 1. The van der Waals surface area contributed by atoms with E-state index in [4.69, 9.17) is 0 Å². The van der Waals surface area contributed by atoms with Gasteiger partial charge in [-0.2, -0.15) is 0 Å². The molecule has 4 heteroatoms. The normalized spacial score (nSPS) is 23.4. The van der Waals surface area contributed by atoms with Crippen molar-refractivity contribution in [3.63, 3.8) is 0 Å². The first-order valence-electron chi connectivity index (χ1n) is 6.03. The van der Waals surface area contributed by atoms with Gasteiger partial charge >= 0.3 is 0 Å². The van der Waals surface area contributed by atoms with E-state index in [1.165, 1.54) is 31.6 Å². The molecule has 2 N–H and O–H groups in total. The molecular weight excluding hydrogens is 200 g/mol. The molecule has 16 heavy (non-hydrogen) atoms. The van der Waals surface area contributed by atoms with Crippen LogP contribution in [0.1, 0.15) is 12.8 Å². The number of rotatable bonds is 3. The van der Waals surface area contributed by atoms with Crippen molar-refractivity contribution in [2.24, 2.45) is 0 Å². The quantitative estimate of drug-likeness (QED) is 0.682. The number of hydrogen-bond donors (Lipinski definition) is 2. The monoisotopic (exact) mass is 222 g/mol. The van der Waals surface area contributed by atoms with E-state index in [9.17, 15) is 0 Å². The van der Waals surface area contributed by atoms with E-state index in [2.05, 4.69) is 53.1 Å². The summed E-state index contributed by atoms with van der Waals surface area (Å²) >= 11 is 0. The predicted molar refractivity (Wildman–Crippen MR) is 66.6 cm³/mol. The second-order valence-corrected chi connectivity index (χ2v) is 4.76. The summed E-state index contributed by atoms with van der Waals surface area (Å²) in [6.07, 6.45) is 8.84. The summed E-state index contributed by atoms with van der Waals surface area (Å²) in [6.45, 7) is 3.36. The van der Waals surface area contributed by atoms with Gasteiger partial charge in [0.15, 0.2) is 0 Å². The molecule has 0 bridgehead atoms. The van der Waals surface area contributed by atoms with Crippen LogP contribution in [0.4, 0.5) is 0 Å². The van der Waals surface area contributed by atoms with Crippen LogP contribution in [0.25, 0.3) is 0 Å². The van der Waals surface area contributed by atoms with Gasteiger partial charge in [0, 0.05) is 31.5 Å². The number of piperidine rings is 1. The lowest BCUT2D eigenvalue weighted by molar-refractivity contribution is 0.227. The van der Waals surface area contributed by atoms with Crippen LogP contribution in [0.2, 0.25) is 0 Å². The fraction of sp³-hybridized carbons (Fsp3) is 0.667. The fourth-order valence-electron chi connectivity index (χ4n) is 2.01. The van der Waals surface area contributed by atoms with Gasteiger partial charge in [-0.3, -0.25) is 0 Å². The standard InChI is InChI=1S/C12H22N4/c1-15-7-3-11(4-8-15)13-14-12-5-9-16(2)10-6-12/h3-4,7,12-14H,5-6,8-10H2,1-2H3. The maximum Gasteiger partial charge on any atom is 0.0479 e. The number of likely N-dealkylation sites (tertiary alicyclic amines) is 1. The molecule has 0 spiro atoms. The molecule has 0 unspecified atom stereocenters. The summed E-state index contributed by atoms with van der Waals surface area (Å²) in [5.74, 6) is 0. The highest BCUT2D eigenvalue weighted by Gasteiger charge is 2.15. The minimum absolute atomic E-state index is 0.602. The molecule has 0 amide bonds. The third-order valence-corrected chi connectivity index (χ3v) is 3.25. The second-order valence-electron chi connectivity index (χ2n) is 4.76. The third kappa shape index (κ3) is 3.25. The highest BCUT2D eigenvalue weighted by Crippen LogP contribution is 2.08. The summed E-state index contributed by atoms with van der Waals surface area (Å²) in [7, 11) is 4.26. The molecule has 90 valence electrons. The topological polar surface area (TPSA) is 30.5 Å². The highest BCUT2D eigenvalue weighted by molar-refractivity contribution is 5.19. The van der Waals surface area contributed by atoms with Crippen molar-refractivity contribution < 1.29 is 0 Å². The molecule has 0 aromatic carbocycles. The zero-order chi connectivity index (χ0) is 11.4. The Morgan fingerprint density at radius 1 is 1.25 bits per heavy atom. The van der Waals surface area contributed by atoms with Gasteiger partial charge in [0.2, 0.25) is 0 Å². The van der Waals surface area contributed by atoms with E-state index in [0.29, 0.717) is 6.04 Å². The van der Waals surface area contributed by atoms with Crippen LogP contribution in [0.3, 0.4) is 0 Å². The van der Waals surface area contributed by atoms with Gasteiger partial charge in [-0.05, 0) is 45.1 Å². The predicted octanol–water partition coefficient (Wildman–Crippen LogP) is 0.518. The molecule has 2 heterocycles. The van der Waals surface area contributed by atoms with Gasteiger partial charge in [-0.15, -0.1) is 0 Å². The molecule has 2 aliphatic rings. The summed E-state index contributed by atoms with van der Waals surface area (Å²) in [5.41, 5.74) is 7.90. The van der Waals surface area contributed by atoms with Crippen LogP contribution in [0, 0.1) is 0 Å². The molecule has 0 saturated carbocycles. The molecule has 1 fully saturated rings. The van der Waals surface area contributed by atoms with Crippen molar-refractivity contribution in [1.29, 1.82) is 0 Å². The molecule has 0 aromatic heterocycles. The Morgan fingerprint density at radius 2 is 2.00 bits per heavy atom. The van der Waals surface area contributed by atoms with E-state index in [1.807, 2.05) is 0 Å². The Labute approximate surface area is 98.0 Å². The van der Waals surface area contributed by atoms with E-state index in [1.54, 1.807) is 0 Å². The average molecular weight is 222 g/mol. The van der Waals surface area contributed by atoms with Crippen molar-refractivity contribution in [2.75, 3.05) is 33.7 Å². The average Bonchev–Trinajstić information content (AvgIpc) is 2.30. The Bertz CT molecular complexity index is 277. The first-order valence-corrected chi connectivity index (χ1v) is 6.03. The fourth-order valence-corrected chi connectivity index (χ4v) is 2.01. The zero-order valence-electron chi connectivity index (χ0n) is 10.2. The lowest BCUT2D eigenvalue weighted by Gasteiger charge is -2.30. The smallest absolute Gasteiger partial charge is 0.0479 e. The summed E-state index contributed by atoms with van der Waals surface area (Å²) in [6, 6.07) is 0.602. The van der Waals surface area contributed by atoms with Gasteiger partial charge < -0.3 is 15.2 Å². The first-order chi connectivity index (χ1) is 7.74. The number of likely N-dealkylation sites (N-methyl/N-ethyl adjacent to an activating group) is 1. The zero-order valence-corrected chi connectivity index (χ0v) is 10.2. The van der Waals surface area contributed by atoms with Crippen LogP contribution in [-0.4, -0.2) is 49.6 Å². The Hall–Kier alpha value is -1.00. The Balaban J connectivity index is 1.70. The van der Waals surface area contributed by atoms with Gasteiger partial charge in [0.05, 0.1) is 0 Å². The molecule has 1 saturated heterocycles. The third-order valence-electron chi connectivity index (χ3n) is 3.25. The Kier molecular flexibility index (Phi) is 3.85. The molecule has 0 radical (unpaired) electrons. The van der Waals surface area contributed by atoms with Crippen LogP contribution in [-0.2, 0) is 0 Å². The molecule has 0 aromatic rings. The number of hydrazine groups is 1. The summed E-state index contributed by atoms with van der Waals surface area (Å²) < 4.78 is 0. The minimum Gasteiger partial charge on any atom is -0.377 e. The highest BCUT2D eigenvalue weighted by atomic mass is 15.4. The largest absolute Gasteiger partial charge is 0.377 e. The van der Waals surface area contributed by atoms with E-state index in [-0.39, 0.29) is 0 Å². The van der Waals surface area contributed by atoms with Crippen LogP contribution < -0.4 is 10.9 Å². The summed E-state index contributed by atoms with van der Waals surface area (Å²) in [4.78, 5) is 4.54. The molecule has 2 rings (SSSR count). The van der Waals surface area contributed by atoms with E-state index >= 15 is 0 Å². The SMILES string of the molecule is CN1C=CC(NNC2CCN(C)CC2)=CC1. The van der Waals surface area contributed by atoms with E-state index < -0.39 is 0 Å². The van der Waals surface area contributed by atoms with Crippen LogP contribution in [0.15, 0.2) is 24.0 Å². The first kappa shape index (κ1) is 11.5. The van der Waals surface area contributed by atoms with Gasteiger partial charge in [-0.1, -0.05) is 0 Å². The number of nitrogens with zero attached hydrogens (tertiary/aromatic N) is 2. The van der Waals surface area contributed by atoms with E-state index in [0.717, 1.165) is 6.54 Å². The molecule has 2 aliphatic heterocycles. The molecule has 0 aliphatic carbocycles. The van der Waals surface area contributed by atoms with Crippen LogP contribution in [0.5, 0.6) is 0 Å².